The first-order chi connectivity index (χ1) is 15.0. The van der Waals surface area contributed by atoms with Gasteiger partial charge in [-0.15, -0.1) is 0 Å². The van der Waals surface area contributed by atoms with Gasteiger partial charge in [0, 0.05) is 49.3 Å². The fourth-order valence-electron chi connectivity index (χ4n) is 4.81. The van der Waals surface area contributed by atoms with Crippen molar-refractivity contribution in [2.45, 2.75) is 25.7 Å². The summed E-state index contributed by atoms with van der Waals surface area (Å²) in [7, 11) is 3.24. The molecule has 0 aliphatic carbocycles. The highest BCUT2D eigenvalue weighted by Gasteiger charge is 2.43. The van der Waals surface area contributed by atoms with Crippen LogP contribution in [0.2, 0.25) is 0 Å². The minimum absolute atomic E-state index is 0.0210. The maximum absolute atomic E-state index is 13.4. The van der Waals surface area contributed by atoms with Gasteiger partial charge in [0.1, 0.15) is 11.5 Å². The van der Waals surface area contributed by atoms with Gasteiger partial charge in [-0.1, -0.05) is 24.3 Å². The van der Waals surface area contributed by atoms with E-state index in [1.807, 2.05) is 59.2 Å². The summed E-state index contributed by atoms with van der Waals surface area (Å²) in [6.07, 6.45) is 2.08. The molecule has 2 aliphatic rings. The molecule has 0 bridgehead atoms. The van der Waals surface area contributed by atoms with Crippen molar-refractivity contribution >= 4 is 11.8 Å². The average Bonchev–Trinajstić information content (AvgIpc) is 3.48. The van der Waals surface area contributed by atoms with Crippen molar-refractivity contribution in [3.8, 4) is 11.5 Å². The molecule has 0 unspecified atom stereocenters. The van der Waals surface area contributed by atoms with Crippen LogP contribution in [-0.2, 0) is 4.79 Å². The number of hydrogen-bond donors (Lipinski definition) is 0. The molecule has 2 heterocycles. The van der Waals surface area contributed by atoms with Crippen LogP contribution in [0.4, 0.5) is 0 Å². The Balaban J connectivity index is 1.68. The van der Waals surface area contributed by atoms with Crippen molar-refractivity contribution in [3.05, 3.63) is 59.2 Å². The zero-order valence-corrected chi connectivity index (χ0v) is 18.5. The van der Waals surface area contributed by atoms with Gasteiger partial charge in [0.2, 0.25) is 5.91 Å². The first-order valence-corrected chi connectivity index (χ1v) is 10.9. The highest BCUT2D eigenvalue weighted by atomic mass is 16.5. The average molecular weight is 423 g/mol. The summed E-state index contributed by atoms with van der Waals surface area (Å²) < 4.78 is 11.0. The number of rotatable bonds is 5. The summed E-state index contributed by atoms with van der Waals surface area (Å²) in [5, 5.41) is 0. The van der Waals surface area contributed by atoms with Crippen LogP contribution in [0, 0.1) is 12.8 Å². The van der Waals surface area contributed by atoms with Gasteiger partial charge < -0.3 is 19.3 Å². The number of amides is 2. The number of hydrogen-bond acceptors (Lipinski definition) is 4. The molecule has 2 aromatic carbocycles. The Morgan fingerprint density at radius 2 is 1.68 bits per heavy atom. The van der Waals surface area contributed by atoms with Crippen LogP contribution in [0.25, 0.3) is 0 Å². The maximum atomic E-state index is 13.4. The standard InChI is InChI=1S/C25H30N2O4/c1-17-8-4-5-9-19(17)24(28)27-15-21(20-11-10-18(30-2)14-23(20)31-3)22(16-27)25(29)26-12-6-7-13-26/h4-5,8-11,14,21-22H,6-7,12-13,15-16H2,1-3H3/t21-,22-/m1/s1. The lowest BCUT2D eigenvalue weighted by atomic mass is 9.87. The smallest absolute Gasteiger partial charge is 0.254 e. The van der Waals surface area contributed by atoms with Crippen molar-refractivity contribution in [1.82, 2.24) is 9.80 Å². The topological polar surface area (TPSA) is 59.1 Å². The van der Waals surface area contributed by atoms with Gasteiger partial charge in [-0.25, -0.2) is 0 Å². The molecule has 0 aromatic heterocycles. The second kappa shape index (κ2) is 9.00. The molecule has 0 N–H and O–H groups in total. The molecule has 0 saturated carbocycles. The second-order valence-corrected chi connectivity index (χ2v) is 8.38. The van der Waals surface area contributed by atoms with Crippen molar-refractivity contribution in [1.29, 1.82) is 0 Å². The fourth-order valence-corrected chi connectivity index (χ4v) is 4.81. The van der Waals surface area contributed by atoms with E-state index in [9.17, 15) is 9.59 Å². The van der Waals surface area contributed by atoms with Crippen LogP contribution in [0.5, 0.6) is 11.5 Å². The summed E-state index contributed by atoms with van der Waals surface area (Å²) in [4.78, 5) is 30.6. The lowest BCUT2D eigenvalue weighted by molar-refractivity contribution is -0.134. The van der Waals surface area contributed by atoms with E-state index in [1.54, 1.807) is 14.2 Å². The summed E-state index contributed by atoms with van der Waals surface area (Å²) >= 11 is 0. The number of nitrogens with zero attached hydrogens (tertiary/aromatic N) is 2. The van der Waals surface area contributed by atoms with E-state index in [0.29, 0.717) is 30.2 Å². The van der Waals surface area contributed by atoms with E-state index in [-0.39, 0.29) is 23.7 Å². The predicted octanol–water partition coefficient (Wildman–Crippen LogP) is 3.49. The van der Waals surface area contributed by atoms with Gasteiger partial charge in [0.15, 0.2) is 0 Å². The van der Waals surface area contributed by atoms with Gasteiger partial charge in [0.25, 0.3) is 5.91 Å². The Morgan fingerprint density at radius 3 is 2.35 bits per heavy atom. The minimum atomic E-state index is -0.284. The van der Waals surface area contributed by atoms with Crippen LogP contribution in [0.15, 0.2) is 42.5 Å². The molecule has 4 rings (SSSR count). The third kappa shape index (κ3) is 4.11. The van der Waals surface area contributed by atoms with Crippen LogP contribution in [-0.4, -0.2) is 62.0 Å². The Bertz CT molecular complexity index is 968. The summed E-state index contributed by atoms with van der Waals surface area (Å²) in [5.74, 6) is 1.10. The Labute approximate surface area is 183 Å². The normalized spacial score (nSPS) is 20.7. The van der Waals surface area contributed by atoms with Gasteiger partial charge in [0.05, 0.1) is 20.1 Å². The summed E-state index contributed by atoms with van der Waals surface area (Å²) in [6.45, 7) is 4.45. The third-order valence-corrected chi connectivity index (χ3v) is 6.56. The largest absolute Gasteiger partial charge is 0.497 e. The Hall–Kier alpha value is -3.02. The lowest BCUT2D eigenvalue weighted by Gasteiger charge is -2.25. The van der Waals surface area contributed by atoms with E-state index in [0.717, 1.165) is 37.1 Å². The number of carbonyl (C=O) groups is 2. The molecule has 31 heavy (non-hydrogen) atoms. The molecule has 2 aromatic rings. The van der Waals surface area contributed by atoms with E-state index < -0.39 is 0 Å². The number of carbonyl (C=O) groups excluding carboxylic acids is 2. The van der Waals surface area contributed by atoms with Crippen molar-refractivity contribution in [2.24, 2.45) is 5.92 Å². The predicted molar refractivity (Wildman–Crippen MR) is 119 cm³/mol. The second-order valence-electron chi connectivity index (χ2n) is 8.38. The van der Waals surface area contributed by atoms with Crippen molar-refractivity contribution in [2.75, 3.05) is 40.4 Å². The van der Waals surface area contributed by atoms with Crippen molar-refractivity contribution in [3.63, 3.8) is 0 Å². The third-order valence-electron chi connectivity index (χ3n) is 6.56. The summed E-state index contributed by atoms with van der Waals surface area (Å²) in [5.41, 5.74) is 2.58. The number of methoxy groups -OCH3 is 2. The van der Waals surface area contributed by atoms with E-state index >= 15 is 0 Å². The van der Waals surface area contributed by atoms with E-state index in [4.69, 9.17) is 9.47 Å². The molecular weight excluding hydrogens is 392 g/mol. The van der Waals surface area contributed by atoms with Gasteiger partial charge >= 0.3 is 0 Å². The minimum Gasteiger partial charge on any atom is -0.497 e. The molecule has 2 fully saturated rings. The molecule has 6 nitrogen and oxygen atoms in total. The Morgan fingerprint density at radius 1 is 0.935 bits per heavy atom. The van der Waals surface area contributed by atoms with E-state index in [2.05, 4.69) is 0 Å². The molecule has 6 heteroatoms. The van der Waals surface area contributed by atoms with Crippen LogP contribution < -0.4 is 9.47 Å². The molecule has 2 amide bonds. The first-order valence-electron chi connectivity index (χ1n) is 10.9. The molecular formula is C25H30N2O4. The molecule has 0 radical (unpaired) electrons. The highest BCUT2D eigenvalue weighted by molar-refractivity contribution is 5.96. The lowest BCUT2D eigenvalue weighted by Crippen LogP contribution is -2.37. The quantitative estimate of drug-likeness (QED) is 0.740. The zero-order valence-electron chi connectivity index (χ0n) is 18.5. The number of benzene rings is 2. The fraction of sp³-hybridized carbons (Fsp3) is 0.440. The van der Waals surface area contributed by atoms with Crippen LogP contribution in [0.1, 0.15) is 40.2 Å². The van der Waals surface area contributed by atoms with Crippen LogP contribution >= 0.6 is 0 Å². The maximum Gasteiger partial charge on any atom is 0.254 e. The Kier molecular flexibility index (Phi) is 6.16. The molecule has 2 aliphatic heterocycles. The first kappa shape index (κ1) is 21.2. The monoisotopic (exact) mass is 422 g/mol. The van der Waals surface area contributed by atoms with Gasteiger partial charge in [-0.05, 0) is 37.5 Å². The van der Waals surface area contributed by atoms with Gasteiger partial charge in [-0.3, -0.25) is 9.59 Å². The molecule has 0 spiro atoms. The SMILES string of the molecule is COc1ccc([C@H]2CN(C(=O)c3ccccc3C)C[C@H]2C(=O)N2CCCC2)c(OC)c1. The number of ether oxygens (including phenoxy) is 2. The number of aryl methyl sites for hydroxylation is 1. The highest BCUT2D eigenvalue weighted by Crippen LogP contribution is 2.40. The molecule has 2 saturated heterocycles. The summed E-state index contributed by atoms with van der Waals surface area (Å²) in [6, 6.07) is 13.3. The van der Waals surface area contributed by atoms with Crippen LogP contribution in [0.3, 0.4) is 0 Å². The van der Waals surface area contributed by atoms with E-state index in [1.165, 1.54) is 0 Å². The molecule has 164 valence electrons. The zero-order chi connectivity index (χ0) is 22.0. The molecule has 2 atom stereocenters. The number of likely N-dealkylation sites (tertiary alicyclic amines) is 2. The van der Waals surface area contributed by atoms with Gasteiger partial charge in [-0.2, -0.15) is 0 Å². The van der Waals surface area contributed by atoms with Crippen molar-refractivity contribution < 1.29 is 19.1 Å².